The molecule has 0 amide bonds. The molecule has 7 aromatic carbocycles. The average molecular weight is 614 g/mol. The van der Waals surface area contributed by atoms with E-state index in [0.29, 0.717) is 5.56 Å². The zero-order valence-electron chi connectivity index (χ0n) is 26.1. The molecule has 0 saturated heterocycles. The van der Waals surface area contributed by atoms with Gasteiger partial charge in [0.2, 0.25) is 0 Å². The van der Waals surface area contributed by atoms with E-state index in [2.05, 4.69) is 143 Å². The Morgan fingerprint density at radius 1 is 0.542 bits per heavy atom. The highest BCUT2D eigenvalue weighted by molar-refractivity contribution is 6.24. The summed E-state index contributed by atoms with van der Waals surface area (Å²) in [5.41, 5.74) is 12.5. The van der Waals surface area contributed by atoms with Gasteiger partial charge >= 0.3 is 0 Å². The van der Waals surface area contributed by atoms with Gasteiger partial charge in [-0.15, -0.1) is 0 Å². The Balaban J connectivity index is 1.31. The van der Waals surface area contributed by atoms with Gasteiger partial charge in [-0.1, -0.05) is 72.3 Å². The van der Waals surface area contributed by atoms with Gasteiger partial charge < -0.3 is 13.6 Å². The van der Waals surface area contributed by atoms with Crippen molar-refractivity contribution in [3.8, 4) is 28.6 Å². The number of nitrogens with zero attached hydrogens (tertiary/aromatic N) is 3. The molecule has 0 spiro atoms. The van der Waals surface area contributed by atoms with Crippen LogP contribution in [0.3, 0.4) is 0 Å². The lowest BCUT2D eigenvalue weighted by molar-refractivity contribution is 0.673. The van der Waals surface area contributed by atoms with Crippen LogP contribution < -0.4 is 0 Å². The maximum atomic E-state index is 9.69. The summed E-state index contributed by atoms with van der Waals surface area (Å²) in [6.07, 6.45) is 0. The predicted molar refractivity (Wildman–Crippen MR) is 197 cm³/mol. The number of rotatable bonds is 3. The first-order valence-electron chi connectivity index (χ1n) is 16.2. The van der Waals surface area contributed by atoms with Crippen molar-refractivity contribution in [2.45, 2.75) is 6.92 Å². The fraction of sp³-hybridized carbons (Fsp3) is 0.0227. The minimum Gasteiger partial charge on any atom is -0.455 e. The maximum Gasteiger partial charge on any atom is 0.145 e. The molecule has 224 valence electrons. The molecule has 0 unspecified atom stereocenters. The summed E-state index contributed by atoms with van der Waals surface area (Å²) in [6.45, 7) is 2.15. The minimum atomic E-state index is 0.659. The van der Waals surface area contributed by atoms with Crippen molar-refractivity contribution in [2.75, 3.05) is 0 Å². The number of hydrogen-bond acceptors (Lipinski definition) is 2. The number of para-hydroxylation sites is 3. The molecule has 0 N–H and O–H groups in total. The fourth-order valence-electron chi connectivity index (χ4n) is 7.69. The van der Waals surface area contributed by atoms with Gasteiger partial charge in [0.1, 0.15) is 11.2 Å². The summed E-state index contributed by atoms with van der Waals surface area (Å²) in [7, 11) is 0. The van der Waals surface area contributed by atoms with E-state index in [1.165, 1.54) is 5.56 Å². The molecular weight excluding hydrogens is 587 g/mol. The van der Waals surface area contributed by atoms with Crippen LogP contribution in [0.15, 0.2) is 150 Å². The van der Waals surface area contributed by atoms with E-state index in [4.69, 9.17) is 4.42 Å². The quantitative estimate of drug-likeness (QED) is 0.199. The van der Waals surface area contributed by atoms with Crippen molar-refractivity contribution in [1.29, 1.82) is 5.26 Å². The number of furan rings is 1. The highest BCUT2D eigenvalue weighted by Gasteiger charge is 2.21. The predicted octanol–water partition coefficient (Wildman–Crippen LogP) is 11.6. The summed E-state index contributed by atoms with van der Waals surface area (Å²) in [5, 5.41) is 16.4. The van der Waals surface area contributed by atoms with E-state index in [0.717, 1.165) is 88.1 Å². The number of aryl methyl sites for hydroxylation is 1. The van der Waals surface area contributed by atoms with Crippen molar-refractivity contribution in [1.82, 2.24) is 9.13 Å². The van der Waals surface area contributed by atoms with E-state index in [1.807, 2.05) is 24.3 Å². The molecule has 4 heteroatoms. The van der Waals surface area contributed by atoms with Gasteiger partial charge in [-0.25, -0.2) is 0 Å². The maximum absolute atomic E-state index is 9.69. The molecule has 0 aliphatic rings. The zero-order valence-corrected chi connectivity index (χ0v) is 26.1. The van der Waals surface area contributed by atoms with Crippen molar-refractivity contribution in [3.63, 3.8) is 0 Å². The standard InChI is InChI=1S/C44H27N3O/c1-27-15-19-38(47-37-13-7-5-11-31(37)35-24-28(26-45)16-20-39(35)47)34(23-27)29-17-21-40-36(25-29)43-41(46(40)30-9-3-2-4-10-30)22-18-33-32-12-6-8-14-42(32)48-44(33)43/h2-25H,1H3. The minimum absolute atomic E-state index is 0.659. The number of hydrogen-bond donors (Lipinski definition) is 0. The Hall–Kier alpha value is -6.57. The van der Waals surface area contributed by atoms with Crippen LogP contribution in [0.4, 0.5) is 0 Å². The van der Waals surface area contributed by atoms with Crippen molar-refractivity contribution in [3.05, 3.63) is 157 Å². The number of aromatic nitrogens is 2. The zero-order chi connectivity index (χ0) is 31.9. The van der Waals surface area contributed by atoms with E-state index >= 15 is 0 Å². The largest absolute Gasteiger partial charge is 0.455 e. The third-order valence-corrected chi connectivity index (χ3v) is 9.79. The normalized spacial score (nSPS) is 11.8. The van der Waals surface area contributed by atoms with Crippen LogP contribution in [-0.4, -0.2) is 9.13 Å². The Bertz CT molecular complexity index is 2970. The average Bonchev–Trinajstić information content (AvgIpc) is 3.79. The Kier molecular flexibility index (Phi) is 5.53. The second-order valence-corrected chi connectivity index (χ2v) is 12.6. The van der Waals surface area contributed by atoms with Crippen LogP contribution in [0.1, 0.15) is 11.1 Å². The highest BCUT2D eigenvalue weighted by Crippen LogP contribution is 2.43. The molecular formula is C44H27N3O. The molecule has 0 saturated carbocycles. The van der Waals surface area contributed by atoms with Crippen molar-refractivity contribution < 1.29 is 4.42 Å². The smallest absolute Gasteiger partial charge is 0.145 e. The Labute approximate surface area is 275 Å². The molecule has 0 aliphatic heterocycles. The summed E-state index contributed by atoms with van der Waals surface area (Å²) >= 11 is 0. The van der Waals surface area contributed by atoms with Gasteiger partial charge in [-0.3, -0.25) is 0 Å². The molecule has 0 aliphatic carbocycles. The lowest BCUT2D eigenvalue weighted by Gasteiger charge is -2.15. The van der Waals surface area contributed by atoms with Gasteiger partial charge in [-0.2, -0.15) is 5.26 Å². The van der Waals surface area contributed by atoms with Gasteiger partial charge in [0, 0.05) is 38.2 Å². The molecule has 0 bridgehead atoms. The van der Waals surface area contributed by atoms with Crippen molar-refractivity contribution >= 4 is 65.6 Å². The van der Waals surface area contributed by atoms with Crippen LogP contribution >= 0.6 is 0 Å². The molecule has 4 nitrogen and oxygen atoms in total. The van der Waals surface area contributed by atoms with E-state index in [9.17, 15) is 5.26 Å². The van der Waals surface area contributed by atoms with Gasteiger partial charge in [-0.05, 0) is 91.3 Å². The molecule has 48 heavy (non-hydrogen) atoms. The summed E-state index contributed by atoms with van der Waals surface area (Å²) < 4.78 is 11.3. The van der Waals surface area contributed by atoms with Crippen LogP contribution in [0.5, 0.6) is 0 Å². The molecule has 0 fully saturated rings. The number of nitriles is 1. The van der Waals surface area contributed by atoms with E-state index < -0.39 is 0 Å². The fourth-order valence-corrected chi connectivity index (χ4v) is 7.69. The summed E-state index contributed by atoms with van der Waals surface area (Å²) in [6, 6.07) is 53.6. The second-order valence-electron chi connectivity index (χ2n) is 12.6. The third-order valence-electron chi connectivity index (χ3n) is 9.79. The van der Waals surface area contributed by atoms with E-state index in [1.54, 1.807) is 0 Å². The number of benzene rings is 7. The van der Waals surface area contributed by atoms with Crippen LogP contribution in [0.25, 0.3) is 88.1 Å². The van der Waals surface area contributed by atoms with Gasteiger partial charge in [0.25, 0.3) is 0 Å². The lowest BCUT2D eigenvalue weighted by Crippen LogP contribution is -1.98. The van der Waals surface area contributed by atoms with Crippen LogP contribution in [-0.2, 0) is 0 Å². The Morgan fingerprint density at radius 3 is 2.15 bits per heavy atom. The van der Waals surface area contributed by atoms with E-state index in [-0.39, 0.29) is 0 Å². The highest BCUT2D eigenvalue weighted by atomic mass is 16.3. The topological polar surface area (TPSA) is 46.8 Å². The number of fused-ring (bicyclic) bond motifs is 10. The van der Waals surface area contributed by atoms with Crippen LogP contribution in [0, 0.1) is 18.3 Å². The first kappa shape index (κ1) is 26.6. The van der Waals surface area contributed by atoms with Crippen LogP contribution in [0.2, 0.25) is 0 Å². The van der Waals surface area contributed by atoms with Gasteiger partial charge in [0.05, 0.1) is 44.8 Å². The summed E-state index contributed by atoms with van der Waals surface area (Å²) in [5.74, 6) is 0. The lowest BCUT2D eigenvalue weighted by atomic mass is 9.98. The molecule has 10 rings (SSSR count). The third kappa shape index (κ3) is 3.70. The Morgan fingerprint density at radius 2 is 1.27 bits per heavy atom. The molecule has 3 aromatic heterocycles. The second kappa shape index (κ2) is 9.96. The molecule has 0 atom stereocenters. The molecule has 0 radical (unpaired) electrons. The SMILES string of the molecule is Cc1ccc(-n2c3ccccc3c3cc(C#N)ccc32)c(-c2ccc3c(c2)c2c4oc5ccccc5c4ccc2n3-c2ccccc2)c1. The van der Waals surface area contributed by atoms with Gasteiger partial charge in [0.15, 0.2) is 0 Å². The first-order valence-corrected chi connectivity index (χ1v) is 16.2. The monoisotopic (exact) mass is 613 g/mol. The van der Waals surface area contributed by atoms with Crippen molar-refractivity contribution in [2.24, 2.45) is 0 Å². The summed E-state index contributed by atoms with van der Waals surface area (Å²) in [4.78, 5) is 0. The molecule has 10 aromatic rings. The first-order chi connectivity index (χ1) is 23.7. The molecule has 3 heterocycles.